The zero-order valence-electron chi connectivity index (χ0n) is 17.8. The topological polar surface area (TPSA) is 64.3 Å². The van der Waals surface area contributed by atoms with Gasteiger partial charge in [-0.15, -0.1) is 0 Å². The first-order chi connectivity index (χ1) is 15.1. The summed E-state index contributed by atoms with van der Waals surface area (Å²) in [5, 5.41) is 13.9. The predicted octanol–water partition coefficient (Wildman–Crippen LogP) is 6.12. The summed E-state index contributed by atoms with van der Waals surface area (Å²) in [5.74, 6) is -0.135. The summed E-state index contributed by atoms with van der Waals surface area (Å²) in [4.78, 5) is 11.1. The number of rotatable bonds is 7. The van der Waals surface area contributed by atoms with E-state index >= 15 is 0 Å². The van der Waals surface area contributed by atoms with Crippen LogP contribution in [0, 0.1) is 0 Å². The highest BCUT2D eigenvalue weighted by molar-refractivity contribution is 5.89. The first-order valence-electron chi connectivity index (χ1n) is 10.9. The van der Waals surface area contributed by atoms with Crippen molar-refractivity contribution < 1.29 is 14.6 Å². The zero-order valence-corrected chi connectivity index (χ0v) is 17.8. The monoisotopic (exact) mass is 416 g/mol. The average molecular weight is 417 g/mol. The molecule has 0 saturated heterocycles. The Bertz CT molecular complexity index is 1050. The Hall–Kier alpha value is -3.34. The van der Waals surface area contributed by atoms with Crippen LogP contribution in [-0.2, 0) is 11.4 Å². The van der Waals surface area contributed by atoms with Gasteiger partial charge in [-0.05, 0) is 61.2 Å². The number of carbonyl (C=O) groups is 1. The van der Waals surface area contributed by atoms with Gasteiger partial charge in [0.1, 0.15) is 12.4 Å². The van der Waals surface area contributed by atoms with Gasteiger partial charge in [0.05, 0.1) is 17.4 Å². The normalized spacial score (nSPS) is 15.1. The molecule has 1 heterocycles. The summed E-state index contributed by atoms with van der Waals surface area (Å²) in [6.45, 7) is 2.33. The minimum Gasteiger partial charge on any atom is -0.489 e. The van der Waals surface area contributed by atoms with Crippen LogP contribution in [0.4, 0.5) is 0 Å². The molecule has 1 saturated carbocycles. The summed E-state index contributed by atoms with van der Waals surface area (Å²) in [6, 6.07) is 20.5. The van der Waals surface area contributed by atoms with Gasteiger partial charge in [-0.1, -0.05) is 49.6 Å². The van der Waals surface area contributed by atoms with Gasteiger partial charge < -0.3 is 9.84 Å². The molecule has 1 N–H and O–H groups in total. The number of hydrogen-bond acceptors (Lipinski definition) is 3. The number of carboxylic acid groups (broad SMARTS) is 1. The second kappa shape index (κ2) is 9.65. The Kier molecular flexibility index (Phi) is 6.51. The van der Waals surface area contributed by atoms with Crippen molar-refractivity contribution in [3.8, 4) is 17.0 Å². The lowest BCUT2D eigenvalue weighted by Gasteiger charge is -2.24. The van der Waals surface area contributed by atoms with Crippen molar-refractivity contribution in [1.29, 1.82) is 0 Å². The van der Waals surface area contributed by atoms with E-state index in [-0.39, 0.29) is 0 Å². The summed E-state index contributed by atoms with van der Waals surface area (Å²) < 4.78 is 8.02. The summed E-state index contributed by atoms with van der Waals surface area (Å²) in [7, 11) is 0. The molecule has 5 heteroatoms. The molecule has 0 aliphatic heterocycles. The van der Waals surface area contributed by atoms with Crippen molar-refractivity contribution in [2.75, 3.05) is 0 Å². The third-order valence-corrected chi connectivity index (χ3v) is 5.80. The smallest absolute Gasteiger partial charge is 0.328 e. The standard InChI is InChI=1S/C26H28N2O3/c1-19(16-26(29)30)24-17-25(28(27-24)22-10-6-3-7-11-22)21-12-14-23(15-13-21)31-18-20-8-4-2-5-9-20/h2,4-5,8-9,12-17,22H,3,6-7,10-11,18H2,1H3,(H,29,30)/b19-16+. The second-order valence-electron chi connectivity index (χ2n) is 8.12. The quantitative estimate of drug-likeness (QED) is 0.471. The molecular formula is C26H28N2O3. The molecule has 5 nitrogen and oxygen atoms in total. The van der Waals surface area contributed by atoms with Gasteiger partial charge in [0.25, 0.3) is 0 Å². The van der Waals surface area contributed by atoms with Crippen LogP contribution in [0.2, 0.25) is 0 Å². The van der Waals surface area contributed by atoms with E-state index in [0.29, 0.717) is 23.9 Å². The van der Waals surface area contributed by atoms with E-state index in [0.717, 1.165) is 35.4 Å². The van der Waals surface area contributed by atoms with Gasteiger partial charge in [-0.3, -0.25) is 4.68 Å². The van der Waals surface area contributed by atoms with E-state index < -0.39 is 5.97 Å². The molecule has 1 aromatic heterocycles. The van der Waals surface area contributed by atoms with Crippen LogP contribution < -0.4 is 4.74 Å². The number of benzene rings is 2. The van der Waals surface area contributed by atoms with E-state index in [9.17, 15) is 4.79 Å². The number of aromatic nitrogens is 2. The lowest BCUT2D eigenvalue weighted by Crippen LogP contribution is -2.15. The van der Waals surface area contributed by atoms with Crippen molar-refractivity contribution in [2.24, 2.45) is 0 Å². The SMILES string of the molecule is C/C(=C\C(=O)O)c1cc(-c2ccc(OCc3ccccc3)cc2)n(C2CCCCC2)n1. The van der Waals surface area contributed by atoms with Gasteiger partial charge in [-0.25, -0.2) is 4.79 Å². The number of ether oxygens (including phenoxy) is 1. The number of aliphatic carboxylic acids is 1. The number of hydrogen-bond donors (Lipinski definition) is 1. The lowest BCUT2D eigenvalue weighted by molar-refractivity contribution is -0.131. The molecule has 0 radical (unpaired) electrons. The molecule has 31 heavy (non-hydrogen) atoms. The first-order valence-corrected chi connectivity index (χ1v) is 10.9. The maximum absolute atomic E-state index is 11.1. The van der Waals surface area contributed by atoms with Crippen LogP contribution in [0.1, 0.15) is 56.3 Å². The van der Waals surface area contributed by atoms with Crippen LogP contribution in [0.25, 0.3) is 16.8 Å². The number of carboxylic acids is 1. The molecule has 1 aliphatic carbocycles. The van der Waals surface area contributed by atoms with Gasteiger partial charge in [-0.2, -0.15) is 5.10 Å². The molecule has 0 spiro atoms. The first kappa shape index (κ1) is 20.9. The van der Waals surface area contributed by atoms with Crippen LogP contribution >= 0.6 is 0 Å². The number of nitrogens with zero attached hydrogens (tertiary/aromatic N) is 2. The zero-order chi connectivity index (χ0) is 21.6. The summed E-state index contributed by atoms with van der Waals surface area (Å²) in [5.41, 5.74) is 4.58. The molecule has 0 amide bonds. The Morgan fingerprint density at radius 3 is 2.48 bits per heavy atom. The van der Waals surface area contributed by atoms with Gasteiger partial charge in [0, 0.05) is 11.6 Å². The van der Waals surface area contributed by atoms with Gasteiger partial charge in [0.2, 0.25) is 0 Å². The van der Waals surface area contributed by atoms with E-state index in [1.165, 1.54) is 25.3 Å². The van der Waals surface area contributed by atoms with Gasteiger partial charge >= 0.3 is 5.97 Å². The maximum atomic E-state index is 11.1. The molecule has 4 rings (SSSR count). The number of allylic oxidation sites excluding steroid dienone is 1. The Morgan fingerprint density at radius 1 is 1.10 bits per heavy atom. The fraction of sp³-hybridized carbons (Fsp3) is 0.308. The Balaban J connectivity index is 1.59. The Morgan fingerprint density at radius 2 is 1.81 bits per heavy atom. The third-order valence-electron chi connectivity index (χ3n) is 5.80. The highest BCUT2D eigenvalue weighted by atomic mass is 16.5. The molecular weight excluding hydrogens is 388 g/mol. The second-order valence-corrected chi connectivity index (χ2v) is 8.12. The average Bonchev–Trinajstić information content (AvgIpc) is 3.25. The van der Waals surface area contributed by atoms with E-state index in [2.05, 4.69) is 16.8 Å². The Labute approximate surface area is 183 Å². The van der Waals surface area contributed by atoms with Crippen molar-refractivity contribution >= 4 is 11.5 Å². The summed E-state index contributed by atoms with van der Waals surface area (Å²) >= 11 is 0. The highest BCUT2D eigenvalue weighted by Gasteiger charge is 2.21. The highest BCUT2D eigenvalue weighted by Crippen LogP contribution is 2.34. The fourth-order valence-corrected chi connectivity index (χ4v) is 4.13. The molecule has 160 valence electrons. The molecule has 0 bridgehead atoms. The molecule has 1 fully saturated rings. The minimum absolute atomic E-state index is 0.351. The van der Waals surface area contributed by atoms with Crippen LogP contribution in [0.15, 0.2) is 66.7 Å². The van der Waals surface area contributed by atoms with E-state index in [4.69, 9.17) is 14.9 Å². The van der Waals surface area contributed by atoms with Crippen molar-refractivity contribution in [3.05, 3.63) is 78.0 Å². The molecule has 0 atom stereocenters. The predicted molar refractivity (Wildman–Crippen MR) is 122 cm³/mol. The largest absolute Gasteiger partial charge is 0.489 e. The molecule has 2 aromatic carbocycles. The van der Waals surface area contributed by atoms with Crippen molar-refractivity contribution in [3.63, 3.8) is 0 Å². The van der Waals surface area contributed by atoms with Crippen molar-refractivity contribution in [1.82, 2.24) is 9.78 Å². The molecule has 0 unspecified atom stereocenters. The third kappa shape index (κ3) is 5.23. The van der Waals surface area contributed by atoms with Crippen molar-refractivity contribution in [2.45, 2.75) is 51.7 Å². The lowest BCUT2D eigenvalue weighted by atomic mass is 9.95. The molecule has 3 aromatic rings. The van der Waals surface area contributed by atoms with E-state index in [1.54, 1.807) is 6.92 Å². The van der Waals surface area contributed by atoms with Crippen LogP contribution in [-0.4, -0.2) is 20.9 Å². The maximum Gasteiger partial charge on any atom is 0.328 e. The van der Waals surface area contributed by atoms with E-state index in [1.807, 2.05) is 48.5 Å². The van der Waals surface area contributed by atoms with Crippen LogP contribution in [0.5, 0.6) is 5.75 Å². The van der Waals surface area contributed by atoms with Crippen LogP contribution in [0.3, 0.4) is 0 Å². The van der Waals surface area contributed by atoms with Gasteiger partial charge in [0.15, 0.2) is 0 Å². The fourth-order valence-electron chi connectivity index (χ4n) is 4.13. The molecule has 1 aliphatic rings. The summed E-state index contributed by atoms with van der Waals surface area (Å²) in [6.07, 6.45) is 7.11. The minimum atomic E-state index is -0.953.